The number of rotatable bonds is 5. The van der Waals surface area contributed by atoms with E-state index in [0.717, 1.165) is 6.07 Å². The fourth-order valence-corrected chi connectivity index (χ4v) is 2.65. The highest BCUT2D eigenvalue weighted by Gasteiger charge is 2.82. The maximum absolute atomic E-state index is 13.9. The molecule has 1 rings (SSSR count). The monoisotopic (exact) mass is 410 g/mol. The first kappa shape index (κ1) is 23.6. The Hall–Kier alpha value is -1.45. The molecule has 0 aliphatic carbocycles. The van der Waals surface area contributed by atoms with Crippen molar-refractivity contribution in [3.63, 3.8) is 0 Å². The highest BCUT2D eigenvalue weighted by atomic mass is 19.4. The van der Waals surface area contributed by atoms with Crippen LogP contribution in [-0.4, -0.2) is 29.1 Å². The highest BCUT2D eigenvalue weighted by Crippen LogP contribution is 2.55. The van der Waals surface area contributed by atoms with Gasteiger partial charge in [0.1, 0.15) is 0 Å². The third-order valence-corrected chi connectivity index (χ3v) is 4.09. The number of benzene rings is 1. The van der Waals surface area contributed by atoms with Gasteiger partial charge in [-0.2, -0.15) is 39.5 Å². The third-order valence-electron chi connectivity index (χ3n) is 4.09. The van der Waals surface area contributed by atoms with Crippen molar-refractivity contribution < 1.29 is 44.6 Å². The number of halogens is 9. The van der Waals surface area contributed by atoms with E-state index in [2.05, 4.69) is 0 Å². The number of hydrogen-bond acceptors (Lipinski definition) is 1. The lowest BCUT2D eigenvalue weighted by Gasteiger charge is -2.38. The molecule has 27 heavy (non-hydrogen) atoms. The van der Waals surface area contributed by atoms with Gasteiger partial charge in [-0.3, -0.25) is 0 Å². The standard InChI is InChI=1S/C17H19F9O/c1-12(2,3)10-7-5-6-8-11(10)13(4,27)9-14(18,19)15(20,21)16(22,23)17(24,25)26/h5-8,27H,9H2,1-4H3. The molecule has 1 atom stereocenters. The molecule has 1 aromatic rings. The Balaban J connectivity index is 3.41. The minimum Gasteiger partial charge on any atom is -0.385 e. The molecule has 1 nitrogen and oxygen atoms in total. The molecular formula is C17H19F9O. The van der Waals surface area contributed by atoms with Gasteiger partial charge in [-0.15, -0.1) is 0 Å². The predicted molar refractivity (Wildman–Crippen MR) is 80.2 cm³/mol. The summed E-state index contributed by atoms with van der Waals surface area (Å²) in [6.07, 6.45) is -9.24. The normalized spacial score (nSPS) is 17.0. The van der Waals surface area contributed by atoms with Crippen molar-refractivity contribution in [2.24, 2.45) is 0 Å². The Morgan fingerprint density at radius 1 is 0.704 bits per heavy atom. The first-order valence-electron chi connectivity index (χ1n) is 7.71. The van der Waals surface area contributed by atoms with Crippen molar-refractivity contribution >= 4 is 0 Å². The Labute approximate surface area is 150 Å². The number of aliphatic hydroxyl groups is 1. The summed E-state index contributed by atoms with van der Waals surface area (Å²) in [6, 6.07) is 5.30. The largest absolute Gasteiger partial charge is 0.460 e. The SMILES string of the molecule is CC(C)(C)c1ccccc1C(C)(O)CC(F)(F)C(F)(F)C(F)(F)C(F)(F)F. The molecule has 10 heteroatoms. The lowest BCUT2D eigenvalue weighted by molar-refractivity contribution is -0.400. The minimum atomic E-state index is -6.98. The molecule has 0 spiro atoms. The van der Waals surface area contributed by atoms with Crippen molar-refractivity contribution in [1.29, 1.82) is 0 Å². The van der Waals surface area contributed by atoms with E-state index in [4.69, 9.17) is 0 Å². The molecule has 1 unspecified atom stereocenters. The quantitative estimate of drug-likeness (QED) is 0.586. The van der Waals surface area contributed by atoms with Gasteiger partial charge < -0.3 is 5.11 Å². The Kier molecular flexibility index (Phi) is 5.73. The molecule has 0 saturated heterocycles. The van der Waals surface area contributed by atoms with Crippen molar-refractivity contribution in [1.82, 2.24) is 0 Å². The maximum atomic E-state index is 13.9. The van der Waals surface area contributed by atoms with E-state index in [1.165, 1.54) is 18.2 Å². The van der Waals surface area contributed by atoms with Crippen LogP contribution in [0.15, 0.2) is 24.3 Å². The lowest BCUT2D eigenvalue weighted by Crippen LogP contribution is -2.62. The van der Waals surface area contributed by atoms with Crippen molar-refractivity contribution in [2.75, 3.05) is 0 Å². The van der Waals surface area contributed by atoms with E-state index < -0.39 is 41.4 Å². The van der Waals surface area contributed by atoms with Gasteiger partial charge in [0.25, 0.3) is 0 Å². The summed E-state index contributed by atoms with van der Waals surface area (Å²) in [5, 5.41) is 10.4. The van der Waals surface area contributed by atoms with Gasteiger partial charge in [0.15, 0.2) is 0 Å². The van der Waals surface area contributed by atoms with Crippen LogP contribution in [0.25, 0.3) is 0 Å². The smallest absolute Gasteiger partial charge is 0.385 e. The zero-order valence-electron chi connectivity index (χ0n) is 14.9. The Bertz CT molecular complexity index is 670. The van der Waals surface area contributed by atoms with E-state index in [-0.39, 0.29) is 11.1 Å². The fourth-order valence-electron chi connectivity index (χ4n) is 2.65. The first-order chi connectivity index (χ1) is 11.7. The summed E-state index contributed by atoms with van der Waals surface area (Å²) < 4.78 is 118. The third kappa shape index (κ3) is 4.20. The zero-order valence-corrected chi connectivity index (χ0v) is 14.9. The van der Waals surface area contributed by atoms with Gasteiger partial charge in [-0.1, -0.05) is 45.0 Å². The molecule has 0 saturated carbocycles. The summed E-state index contributed by atoms with van der Waals surface area (Å²) in [4.78, 5) is 0. The second kappa shape index (κ2) is 6.56. The minimum absolute atomic E-state index is 0.247. The van der Waals surface area contributed by atoms with Crippen LogP contribution in [0.4, 0.5) is 39.5 Å². The zero-order chi connectivity index (χ0) is 21.7. The molecule has 0 bridgehead atoms. The molecule has 0 aliphatic rings. The molecule has 0 aliphatic heterocycles. The summed E-state index contributed by atoms with van der Waals surface area (Å²) in [7, 11) is 0. The Morgan fingerprint density at radius 2 is 1.11 bits per heavy atom. The van der Waals surface area contributed by atoms with Gasteiger partial charge >= 0.3 is 23.9 Å². The molecule has 0 fully saturated rings. The molecule has 156 valence electrons. The average Bonchev–Trinajstić information content (AvgIpc) is 2.43. The van der Waals surface area contributed by atoms with Crippen LogP contribution in [-0.2, 0) is 11.0 Å². The van der Waals surface area contributed by atoms with Crippen LogP contribution in [0.1, 0.15) is 45.2 Å². The fraction of sp³-hybridized carbons (Fsp3) is 0.647. The van der Waals surface area contributed by atoms with Crippen LogP contribution in [0.2, 0.25) is 0 Å². The second-order valence-corrected chi connectivity index (χ2v) is 7.60. The topological polar surface area (TPSA) is 20.2 Å². The molecule has 1 aromatic carbocycles. The van der Waals surface area contributed by atoms with Crippen LogP contribution in [0, 0.1) is 0 Å². The number of hydrogen-bond donors (Lipinski definition) is 1. The van der Waals surface area contributed by atoms with E-state index in [1.807, 2.05) is 0 Å². The number of alkyl halides is 9. The van der Waals surface area contributed by atoms with Gasteiger partial charge in [-0.25, -0.2) is 0 Å². The van der Waals surface area contributed by atoms with Gasteiger partial charge in [-0.05, 0) is 23.5 Å². The van der Waals surface area contributed by atoms with Crippen molar-refractivity contribution in [3.8, 4) is 0 Å². The van der Waals surface area contributed by atoms with E-state index in [9.17, 15) is 44.6 Å². The van der Waals surface area contributed by atoms with Gasteiger partial charge in [0.2, 0.25) is 0 Å². The summed E-state index contributed by atoms with van der Waals surface area (Å²) in [6.45, 7) is 5.51. The van der Waals surface area contributed by atoms with Gasteiger partial charge in [0, 0.05) is 0 Å². The predicted octanol–water partition coefficient (Wildman–Crippen LogP) is 6.05. The Morgan fingerprint density at radius 3 is 1.48 bits per heavy atom. The summed E-state index contributed by atoms with van der Waals surface area (Å²) in [5.41, 5.74) is -3.59. The second-order valence-electron chi connectivity index (χ2n) is 7.60. The van der Waals surface area contributed by atoms with E-state index in [1.54, 1.807) is 20.8 Å². The molecule has 0 aromatic heterocycles. The average molecular weight is 410 g/mol. The molecule has 0 radical (unpaired) electrons. The maximum Gasteiger partial charge on any atom is 0.460 e. The van der Waals surface area contributed by atoms with Crippen LogP contribution < -0.4 is 0 Å². The van der Waals surface area contributed by atoms with Crippen molar-refractivity contribution in [3.05, 3.63) is 35.4 Å². The molecule has 1 N–H and O–H groups in total. The summed E-state index contributed by atoms with van der Waals surface area (Å²) >= 11 is 0. The molecule has 0 amide bonds. The van der Waals surface area contributed by atoms with Crippen LogP contribution >= 0.6 is 0 Å². The first-order valence-corrected chi connectivity index (χ1v) is 7.71. The van der Waals surface area contributed by atoms with E-state index in [0.29, 0.717) is 6.92 Å². The lowest BCUT2D eigenvalue weighted by atomic mass is 9.76. The van der Waals surface area contributed by atoms with Gasteiger partial charge in [0.05, 0.1) is 12.0 Å². The van der Waals surface area contributed by atoms with Crippen molar-refractivity contribution in [2.45, 2.75) is 69.1 Å². The summed E-state index contributed by atoms with van der Waals surface area (Å²) in [5.74, 6) is -19.6. The molecule has 0 heterocycles. The van der Waals surface area contributed by atoms with Crippen LogP contribution in [0.5, 0.6) is 0 Å². The van der Waals surface area contributed by atoms with E-state index >= 15 is 0 Å². The van der Waals surface area contributed by atoms with Crippen LogP contribution in [0.3, 0.4) is 0 Å². The molecular weight excluding hydrogens is 391 g/mol. The highest BCUT2D eigenvalue weighted by molar-refractivity contribution is 5.37.